The van der Waals surface area contributed by atoms with E-state index in [2.05, 4.69) is 26.2 Å². The summed E-state index contributed by atoms with van der Waals surface area (Å²) in [5, 5.41) is 0. The van der Waals surface area contributed by atoms with Gasteiger partial charge in [0, 0.05) is 5.92 Å². The van der Waals surface area contributed by atoms with Crippen LogP contribution in [0.3, 0.4) is 0 Å². The van der Waals surface area contributed by atoms with Crippen LogP contribution in [-0.4, -0.2) is 5.91 Å². The van der Waals surface area contributed by atoms with Gasteiger partial charge >= 0.3 is 0 Å². The Labute approximate surface area is 85.4 Å². The highest BCUT2D eigenvalue weighted by Gasteiger charge is 2.63. The molecule has 0 saturated heterocycles. The van der Waals surface area contributed by atoms with Crippen LogP contribution in [0, 0.1) is 22.7 Å². The molecule has 3 nitrogen and oxygen atoms in total. The van der Waals surface area contributed by atoms with Crippen LogP contribution in [0.15, 0.2) is 0 Å². The first-order valence-corrected chi connectivity index (χ1v) is 5.44. The van der Waals surface area contributed by atoms with E-state index in [1.165, 1.54) is 12.8 Å². The second-order valence-electron chi connectivity index (χ2n) is 5.67. The first kappa shape index (κ1) is 9.97. The van der Waals surface area contributed by atoms with Crippen molar-refractivity contribution < 1.29 is 4.79 Å². The highest BCUT2D eigenvalue weighted by molar-refractivity contribution is 5.79. The Morgan fingerprint density at radius 3 is 2.43 bits per heavy atom. The maximum Gasteiger partial charge on any atom is 0.237 e. The van der Waals surface area contributed by atoms with E-state index in [0.717, 1.165) is 6.42 Å². The van der Waals surface area contributed by atoms with Gasteiger partial charge < -0.3 is 0 Å². The van der Waals surface area contributed by atoms with Crippen LogP contribution in [-0.2, 0) is 4.79 Å². The van der Waals surface area contributed by atoms with Crippen molar-refractivity contribution in [1.29, 1.82) is 0 Å². The lowest BCUT2D eigenvalue weighted by Crippen LogP contribution is -2.44. The van der Waals surface area contributed by atoms with Gasteiger partial charge in [-0.3, -0.25) is 10.2 Å². The third-order valence-corrected chi connectivity index (χ3v) is 5.25. The lowest BCUT2D eigenvalue weighted by molar-refractivity contribution is -0.129. The largest absolute Gasteiger partial charge is 0.294 e. The van der Waals surface area contributed by atoms with E-state index in [9.17, 15) is 4.79 Å². The number of fused-ring (bicyclic) bond motifs is 2. The van der Waals surface area contributed by atoms with Gasteiger partial charge in [-0.25, -0.2) is 5.84 Å². The van der Waals surface area contributed by atoms with Gasteiger partial charge in [-0.15, -0.1) is 0 Å². The summed E-state index contributed by atoms with van der Waals surface area (Å²) < 4.78 is 0. The molecule has 0 aromatic heterocycles. The van der Waals surface area contributed by atoms with Gasteiger partial charge in [0.05, 0.1) is 0 Å². The first-order valence-electron chi connectivity index (χ1n) is 5.44. The number of nitrogens with one attached hydrogen (secondary N) is 1. The topological polar surface area (TPSA) is 55.1 Å². The molecule has 14 heavy (non-hydrogen) atoms. The van der Waals surface area contributed by atoms with E-state index >= 15 is 0 Å². The Hall–Kier alpha value is -0.570. The molecule has 2 saturated carbocycles. The van der Waals surface area contributed by atoms with Crippen molar-refractivity contribution in [3.8, 4) is 0 Å². The molecule has 3 heteroatoms. The molecular weight excluding hydrogens is 176 g/mol. The van der Waals surface area contributed by atoms with Gasteiger partial charge in [0.2, 0.25) is 5.91 Å². The zero-order chi connectivity index (χ0) is 10.6. The summed E-state index contributed by atoms with van der Waals surface area (Å²) in [4.78, 5) is 11.7. The van der Waals surface area contributed by atoms with Crippen LogP contribution in [0.2, 0.25) is 0 Å². The van der Waals surface area contributed by atoms with Crippen molar-refractivity contribution >= 4 is 5.91 Å². The highest BCUT2D eigenvalue weighted by Crippen LogP contribution is 2.67. The molecule has 3 N–H and O–H groups in total. The van der Waals surface area contributed by atoms with Crippen molar-refractivity contribution in [3.05, 3.63) is 0 Å². The minimum absolute atomic E-state index is 0.0303. The molecule has 0 aromatic rings. The van der Waals surface area contributed by atoms with Crippen LogP contribution in [0.1, 0.15) is 40.0 Å². The molecule has 0 spiro atoms. The predicted molar refractivity (Wildman–Crippen MR) is 55.0 cm³/mol. The third-order valence-electron chi connectivity index (χ3n) is 5.25. The smallest absolute Gasteiger partial charge is 0.237 e. The lowest BCUT2D eigenvalue weighted by atomic mass is 9.66. The Balaban J connectivity index is 2.31. The number of hydrogen-bond acceptors (Lipinski definition) is 2. The normalized spacial score (nSPS) is 44.0. The number of carbonyl (C=O) groups is 1. The van der Waals surface area contributed by atoms with E-state index in [1.54, 1.807) is 0 Å². The quantitative estimate of drug-likeness (QED) is 0.379. The van der Waals surface area contributed by atoms with Crippen LogP contribution < -0.4 is 11.3 Å². The maximum atomic E-state index is 11.7. The molecule has 2 unspecified atom stereocenters. The molecule has 1 amide bonds. The van der Waals surface area contributed by atoms with E-state index < -0.39 is 0 Å². The fraction of sp³-hybridized carbons (Fsp3) is 0.909. The van der Waals surface area contributed by atoms with Crippen LogP contribution in [0.25, 0.3) is 0 Å². The van der Waals surface area contributed by atoms with Crippen LogP contribution in [0.5, 0.6) is 0 Å². The summed E-state index contributed by atoms with van der Waals surface area (Å²) in [7, 11) is 0. The molecule has 3 atom stereocenters. The number of nitrogens with two attached hydrogens (primary N) is 1. The Bertz CT molecular complexity index is 274. The Morgan fingerprint density at radius 1 is 1.43 bits per heavy atom. The molecule has 2 aliphatic carbocycles. The fourth-order valence-electron chi connectivity index (χ4n) is 3.70. The monoisotopic (exact) mass is 196 g/mol. The van der Waals surface area contributed by atoms with Crippen LogP contribution >= 0.6 is 0 Å². The zero-order valence-electron chi connectivity index (χ0n) is 9.26. The summed E-state index contributed by atoms with van der Waals surface area (Å²) in [6.07, 6.45) is 3.47. The summed E-state index contributed by atoms with van der Waals surface area (Å²) in [6, 6.07) is 0. The molecule has 2 fully saturated rings. The first-order chi connectivity index (χ1) is 6.43. The second-order valence-corrected chi connectivity index (χ2v) is 5.67. The molecular formula is C11H20N2O. The summed E-state index contributed by atoms with van der Waals surface area (Å²) in [5.74, 6) is 6.09. The van der Waals surface area contributed by atoms with Gasteiger partial charge in [0.25, 0.3) is 0 Å². The summed E-state index contributed by atoms with van der Waals surface area (Å²) in [6.45, 7) is 6.85. The average Bonchev–Trinajstić information content (AvgIpc) is 2.47. The van der Waals surface area contributed by atoms with Crippen molar-refractivity contribution in [2.24, 2.45) is 28.5 Å². The van der Waals surface area contributed by atoms with Crippen molar-refractivity contribution in [2.45, 2.75) is 40.0 Å². The number of carbonyl (C=O) groups excluding carboxylic acids is 1. The number of rotatable bonds is 1. The number of hydrazine groups is 1. The minimum Gasteiger partial charge on any atom is -0.294 e. The van der Waals surface area contributed by atoms with Crippen molar-refractivity contribution in [3.63, 3.8) is 0 Å². The van der Waals surface area contributed by atoms with Gasteiger partial charge in [0.1, 0.15) is 0 Å². The van der Waals surface area contributed by atoms with E-state index in [4.69, 9.17) is 5.84 Å². The average molecular weight is 196 g/mol. The minimum atomic E-state index is 0.0303. The van der Waals surface area contributed by atoms with E-state index in [1.807, 2.05) is 0 Å². The second kappa shape index (κ2) is 2.72. The Morgan fingerprint density at radius 2 is 2.07 bits per heavy atom. The lowest BCUT2D eigenvalue weighted by Gasteiger charge is -2.38. The molecule has 0 aromatic carbocycles. The molecule has 0 radical (unpaired) electrons. The molecule has 80 valence electrons. The predicted octanol–water partition coefficient (Wildman–Crippen LogP) is 1.44. The third kappa shape index (κ3) is 0.937. The highest BCUT2D eigenvalue weighted by atomic mass is 16.2. The SMILES string of the molecule is CC1(C)C2CC[C@@]1(C)C(C(=O)NN)C2. The summed E-state index contributed by atoms with van der Waals surface area (Å²) >= 11 is 0. The van der Waals surface area contributed by atoms with Crippen molar-refractivity contribution in [2.75, 3.05) is 0 Å². The zero-order valence-corrected chi connectivity index (χ0v) is 9.26. The summed E-state index contributed by atoms with van der Waals surface area (Å²) in [5.41, 5.74) is 2.77. The Kier molecular flexibility index (Phi) is 1.94. The van der Waals surface area contributed by atoms with E-state index in [0.29, 0.717) is 11.3 Å². The molecule has 2 aliphatic rings. The molecule has 0 heterocycles. The van der Waals surface area contributed by atoms with Gasteiger partial charge in [0.15, 0.2) is 0 Å². The van der Waals surface area contributed by atoms with Gasteiger partial charge in [-0.2, -0.15) is 0 Å². The number of amides is 1. The molecule has 0 aliphatic heterocycles. The fourth-order valence-corrected chi connectivity index (χ4v) is 3.70. The van der Waals surface area contributed by atoms with E-state index in [-0.39, 0.29) is 17.2 Å². The van der Waals surface area contributed by atoms with Crippen LogP contribution in [0.4, 0.5) is 0 Å². The molecule has 2 bridgehead atoms. The molecule has 2 rings (SSSR count). The number of hydrogen-bond donors (Lipinski definition) is 2. The van der Waals surface area contributed by atoms with Gasteiger partial charge in [-0.05, 0) is 36.0 Å². The van der Waals surface area contributed by atoms with Crippen molar-refractivity contribution in [1.82, 2.24) is 5.43 Å². The van der Waals surface area contributed by atoms with Gasteiger partial charge in [-0.1, -0.05) is 20.8 Å². The standard InChI is InChI=1S/C11H20N2O/c1-10(2)7-4-5-11(10,3)8(6-7)9(14)13-12/h7-8H,4-6,12H2,1-3H3,(H,13,14)/t7?,8?,11-/m0/s1. The maximum absolute atomic E-state index is 11.7.